The van der Waals surface area contributed by atoms with E-state index in [2.05, 4.69) is 34.9 Å². The van der Waals surface area contributed by atoms with Gasteiger partial charge in [0.15, 0.2) is 0 Å². The second kappa shape index (κ2) is 9.39. The number of rotatable bonds is 8. The van der Waals surface area contributed by atoms with Crippen molar-refractivity contribution in [3.63, 3.8) is 0 Å². The summed E-state index contributed by atoms with van der Waals surface area (Å²) in [4.78, 5) is 6.73. The summed E-state index contributed by atoms with van der Waals surface area (Å²) in [6.07, 6.45) is 8.51. The van der Waals surface area contributed by atoms with Crippen molar-refractivity contribution in [1.82, 2.24) is 15.8 Å². The van der Waals surface area contributed by atoms with Gasteiger partial charge in [0, 0.05) is 16.0 Å². The molecule has 0 bridgehead atoms. The Morgan fingerprint density at radius 1 is 1.14 bits per heavy atom. The van der Waals surface area contributed by atoms with Crippen molar-refractivity contribution >= 4 is 29.2 Å². The number of hydrazine groups is 1. The zero-order valence-electron chi connectivity index (χ0n) is 15.7. The lowest BCUT2D eigenvalue weighted by Crippen LogP contribution is -2.41. The maximum atomic E-state index is 12.8. The van der Waals surface area contributed by atoms with Crippen LogP contribution in [0.25, 0.3) is 17.8 Å². The molecule has 2 aromatic rings. The van der Waals surface area contributed by atoms with Crippen LogP contribution in [0, 0.1) is 0 Å². The molecular formula is C21H24F3N3S. The fourth-order valence-corrected chi connectivity index (χ4v) is 3.91. The Kier molecular flexibility index (Phi) is 6.91. The first kappa shape index (κ1) is 20.6. The molecule has 3 rings (SSSR count). The summed E-state index contributed by atoms with van der Waals surface area (Å²) in [6.45, 7) is 2.21. The van der Waals surface area contributed by atoms with E-state index < -0.39 is 12.2 Å². The quantitative estimate of drug-likeness (QED) is 0.542. The fourth-order valence-electron chi connectivity index (χ4n) is 2.95. The van der Waals surface area contributed by atoms with Crippen molar-refractivity contribution in [2.75, 3.05) is 0 Å². The lowest BCUT2D eigenvalue weighted by molar-refractivity contribution is -0.144. The van der Waals surface area contributed by atoms with Crippen LogP contribution in [0.3, 0.4) is 0 Å². The molecule has 1 aliphatic heterocycles. The third-order valence-corrected chi connectivity index (χ3v) is 5.62. The van der Waals surface area contributed by atoms with E-state index in [1.807, 2.05) is 18.2 Å². The molecule has 0 radical (unpaired) electrons. The van der Waals surface area contributed by atoms with E-state index in [4.69, 9.17) is 0 Å². The van der Waals surface area contributed by atoms with Gasteiger partial charge in [0.2, 0.25) is 0 Å². The third kappa shape index (κ3) is 5.69. The number of pyridine rings is 1. The van der Waals surface area contributed by atoms with E-state index in [9.17, 15) is 13.2 Å². The number of halogens is 3. The van der Waals surface area contributed by atoms with Crippen LogP contribution in [0.15, 0.2) is 36.5 Å². The molecule has 0 saturated heterocycles. The highest BCUT2D eigenvalue weighted by Crippen LogP contribution is 2.26. The van der Waals surface area contributed by atoms with Crippen LogP contribution in [-0.4, -0.2) is 17.2 Å². The van der Waals surface area contributed by atoms with Crippen molar-refractivity contribution in [2.24, 2.45) is 0 Å². The number of aromatic nitrogens is 1. The molecule has 2 N–H and O–H groups in total. The second-order valence-corrected chi connectivity index (χ2v) is 7.99. The number of aryl methyl sites for hydroxylation is 1. The number of nitrogens with zero attached hydrogens (tertiary/aromatic N) is 1. The van der Waals surface area contributed by atoms with Gasteiger partial charge in [-0.15, -0.1) is 11.3 Å². The molecule has 28 heavy (non-hydrogen) atoms. The number of alkyl halides is 3. The molecule has 0 aliphatic carbocycles. The zero-order valence-corrected chi connectivity index (χ0v) is 16.5. The Morgan fingerprint density at radius 3 is 2.75 bits per heavy atom. The number of hydrogen-bond acceptors (Lipinski definition) is 4. The summed E-state index contributed by atoms with van der Waals surface area (Å²) < 4.78 is 38.3. The Bertz CT molecular complexity index is 839. The summed E-state index contributed by atoms with van der Waals surface area (Å²) in [5.41, 5.74) is 6.50. The Balaban J connectivity index is 1.63. The lowest BCUT2D eigenvalue weighted by atomic mass is 10.1. The maximum Gasteiger partial charge on any atom is 0.409 e. The van der Waals surface area contributed by atoms with E-state index >= 15 is 0 Å². The molecule has 1 aliphatic rings. The maximum absolute atomic E-state index is 12.8. The smallest absolute Gasteiger partial charge is 0.319 e. The van der Waals surface area contributed by atoms with E-state index in [1.54, 1.807) is 23.6 Å². The van der Waals surface area contributed by atoms with Gasteiger partial charge in [0.05, 0.1) is 11.4 Å². The van der Waals surface area contributed by atoms with Gasteiger partial charge in [-0.1, -0.05) is 32.3 Å². The summed E-state index contributed by atoms with van der Waals surface area (Å²) in [6, 6.07) is 6.19. The lowest BCUT2D eigenvalue weighted by Gasteiger charge is -2.12. The minimum Gasteiger partial charge on any atom is -0.319 e. The first-order valence-corrected chi connectivity index (χ1v) is 10.3. The second-order valence-electron chi connectivity index (χ2n) is 6.79. The molecule has 3 nitrogen and oxygen atoms in total. The average Bonchev–Trinajstić information content (AvgIpc) is 3.33. The molecule has 0 aromatic carbocycles. The molecule has 0 amide bonds. The molecular weight excluding hydrogens is 383 g/mol. The summed E-state index contributed by atoms with van der Waals surface area (Å²) in [5, 5.41) is 0. The molecule has 7 heteroatoms. The fraction of sp³-hybridized carbons (Fsp3) is 0.381. The largest absolute Gasteiger partial charge is 0.409 e. The molecule has 2 aromatic heterocycles. The molecule has 0 fully saturated rings. The molecule has 1 unspecified atom stereocenters. The van der Waals surface area contributed by atoms with Gasteiger partial charge >= 0.3 is 6.18 Å². The Morgan fingerprint density at radius 2 is 2.00 bits per heavy atom. The highest BCUT2D eigenvalue weighted by molar-refractivity contribution is 7.12. The first-order chi connectivity index (χ1) is 13.5. The van der Waals surface area contributed by atoms with Crippen molar-refractivity contribution in [1.29, 1.82) is 0 Å². The van der Waals surface area contributed by atoms with Crippen molar-refractivity contribution in [3.8, 4) is 0 Å². The Hall–Kier alpha value is -2.12. The first-order valence-electron chi connectivity index (χ1n) is 9.49. The van der Waals surface area contributed by atoms with Crippen molar-refractivity contribution in [3.05, 3.63) is 57.6 Å². The van der Waals surface area contributed by atoms with E-state index in [-0.39, 0.29) is 0 Å². The predicted octanol–water partition coefficient (Wildman–Crippen LogP) is 5.82. The molecule has 1 atom stereocenters. The van der Waals surface area contributed by atoms with Gasteiger partial charge < -0.3 is 5.43 Å². The van der Waals surface area contributed by atoms with Gasteiger partial charge in [0.1, 0.15) is 6.04 Å². The van der Waals surface area contributed by atoms with Crippen molar-refractivity contribution in [2.45, 2.75) is 51.2 Å². The average molecular weight is 408 g/mol. The van der Waals surface area contributed by atoms with Crippen LogP contribution in [0.5, 0.6) is 0 Å². The number of thiophene rings is 1. The van der Waals surface area contributed by atoms with Crippen LogP contribution in [-0.2, 0) is 6.42 Å². The highest BCUT2D eigenvalue weighted by Gasteiger charge is 2.41. The normalized spacial score (nSPS) is 17.1. The van der Waals surface area contributed by atoms with Crippen LogP contribution < -0.4 is 10.9 Å². The minimum absolute atomic E-state index is 0.336. The van der Waals surface area contributed by atoms with Gasteiger partial charge in [-0.3, -0.25) is 4.98 Å². The molecule has 3 heterocycles. The minimum atomic E-state index is -4.33. The van der Waals surface area contributed by atoms with E-state index in [0.29, 0.717) is 11.4 Å². The van der Waals surface area contributed by atoms with E-state index in [1.165, 1.54) is 35.4 Å². The van der Waals surface area contributed by atoms with Crippen molar-refractivity contribution < 1.29 is 13.2 Å². The molecule has 150 valence electrons. The zero-order chi connectivity index (χ0) is 20.0. The standard InChI is InChI=1S/C21H24F3N3S/c1-2-3-4-5-6-16-9-10-17(28-16)8-7-15-11-12-25-18(13-15)19-14-20(27-26-19)21(22,23)24/h7-14,20,26-27H,2-6H2,1H3/b8-7+. The van der Waals surface area contributed by atoms with Gasteiger partial charge in [-0.25, -0.2) is 5.43 Å². The van der Waals surface area contributed by atoms with Crippen LogP contribution in [0.2, 0.25) is 0 Å². The van der Waals surface area contributed by atoms with Crippen LogP contribution in [0.4, 0.5) is 13.2 Å². The van der Waals surface area contributed by atoms with Crippen LogP contribution >= 0.6 is 11.3 Å². The van der Waals surface area contributed by atoms with Crippen LogP contribution in [0.1, 0.15) is 53.6 Å². The van der Waals surface area contributed by atoms with Gasteiger partial charge in [0.25, 0.3) is 0 Å². The molecule has 0 spiro atoms. The number of hydrogen-bond donors (Lipinski definition) is 2. The highest BCUT2D eigenvalue weighted by atomic mass is 32.1. The molecule has 0 saturated carbocycles. The summed E-state index contributed by atoms with van der Waals surface area (Å²) >= 11 is 1.78. The van der Waals surface area contributed by atoms with Gasteiger partial charge in [-0.2, -0.15) is 13.2 Å². The number of nitrogens with one attached hydrogen (secondary N) is 2. The number of unbranched alkanes of at least 4 members (excludes halogenated alkanes) is 3. The summed E-state index contributed by atoms with van der Waals surface area (Å²) in [7, 11) is 0. The summed E-state index contributed by atoms with van der Waals surface area (Å²) in [5.74, 6) is 0. The van der Waals surface area contributed by atoms with Gasteiger partial charge in [-0.05, 0) is 54.8 Å². The van der Waals surface area contributed by atoms with E-state index in [0.717, 1.165) is 18.1 Å². The SMILES string of the molecule is CCCCCCc1ccc(/C=C/c2ccnc(C3=CC(C(F)(F)F)NN3)c2)s1. The third-order valence-electron chi connectivity index (χ3n) is 4.51. The predicted molar refractivity (Wildman–Crippen MR) is 109 cm³/mol. The monoisotopic (exact) mass is 407 g/mol. The Labute approximate surface area is 167 Å². The topological polar surface area (TPSA) is 37.0 Å².